The molecule has 6 heteroatoms. The highest BCUT2D eigenvalue weighted by Gasteiger charge is 2.12. The number of carbonyl (C=O) groups is 2. The molecule has 0 aliphatic heterocycles. The lowest BCUT2D eigenvalue weighted by Gasteiger charge is -2.05. The van der Waals surface area contributed by atoms with Gasteiger partial charge in [-0.3, -0.25) is 9.59 Å². The van der Waals surface area contributed by atoms with Crippen LogP contribution in [0.3, 0.4) is 0 Å². The van der Waals surface area contributed by atoms with Crippen molar-refractivity contribution in [3.63, 3.8) is 0 Å². The van der Waals surface area contributed by atoms with Gasteiger partial charge in [0.2, 0.25) is 0 Å². The van der Waals surface area contributed by atoms with Crippen LogP contribution in [0.4, 0.5) is 0 Å². The normalized spacial score (nSPS) is 10.9. The van der Waals surface area contributed by atoms with Crippen molar-refractivity contribution in [1.82, 2.24) is 0 Å². The van der Waals surface area contributed by atoms with E-state index in [1.165, 1.54) is 74.9 Å². The molecule has 0 unspecified atom stereocenters. The van der Waals surface area contributed by atoms with Gasteiger partial charge in [-0.1, -0.05) is 64.2 Å². The monoisotopic (exact) mass is 470 g/mol. The summed E-state index contributed by atoms with van der Waals surface area (Å²) in [6, 6.07) is 8.16. The van der Waals surface area contributed by atoms with E-state index in [9.17, 15) is 30.0 Å². The molecule has 0 fully saturated rings. The van der Waals surface area contributed by atoms with Gasteiger partial charge in [0.05, 0.1) is 11.1 Å². The third-order valence-electron chi connectivity index (χ3n) is 6.12. The van der Waals surface area contributed by atoms with E-state index < -0.39 is 0 Å². The molecule has 0 saturated heterocycles. The summed E-state index contributed by atoms with van der Waals surface area (Å²) in [6.07, 6.45) is 13.9. The highest BCUT2D eigenvalue weighted by Crippen LogP contribution is 2.25. The van der Waals surface area contributed by atoms with E-state index in [1.807, 2.05) is 0 Å². The highest BCUT2D eigenvalue weighted by molar-refractivity contribution is 5.99. The first kappa shape index (κ1) is 27.2. The number of carbonyl (C=O) groups excluding carboxylic acids is 2. The molecule has 2 aromatic carbocycles. The Morgan fingerprint density at radius 2 is 0.765 bits per heavy atom. The van der Waals surface area contributed by atoms with Crippen LogP contribution in [0.1, 0.15) is 111 Å². The first-order valence-corrected chi connectivity index (χ1v) is 12.5. The van der Waals surface area contributed by atoms with Crippen molar-refractivity contribution >= 4 is 11.6 Å². The molecular weight excluding hydrogens is 432 g/mol. The van der Waals surface area contributed by atoms with E-state index in [1.54, 1.807) is 0 Å². The maximum absolute atomic E-state index is 12.1. The fourth-order valence-electron chi connectivity index (χ4n) is 4.12. The summed E-state index contributed by atoms with van der Waals surface area (Å²) in [5.41, 5.74) is 0.557. The largest absolute Gasteiger partial charge is 0.508 e. The van der Waals surface area contributed by atoms with E-state index in [2.05, 4.69) is 0 Å². The van der Waals surface area contributed by atoms with Gasteiger partial charge < -0.3 is 20.4 Å². The second kappa shape index (κ2) is 15.0. The van der Waals surface area contributed by atoms with Crippen molar-refractivity contribution in [2.45, 2.75) is 89.9 Å². The van der Waals surface area contributed by atoms with Crippen molar-refractivity contribution < 1.29 is 30.0 Å². The molecule has 34 heavy (non-hydrogen) atoms. The third kappa shape index (κ3) is 9.86. The number of phenolic OH excluding ortho intramolecular Hbond substituents is 4. The number of rotatable bonds is 17. The van der Waals surface area contributed by atoms with E-state index in [-0.39, 0.29) is 45.7 Å². The number of aromatic hydroxyl groups is 4. The summed E-state index contributed by atoms with van der Waals surface area (Å²) < 4.78 is 0. The average Bonchev–Trinajstić information content (AvgIpc) is 2.79. The zero-order valence-electron chi connectivity index (χ0n) is 20.0. The molecule has 0 aliphatic carbocycles. The Hall–Kier alpha value is -3.02. The van der Waals surface area contributed by atoms with E-state index in [0.29, 0.717) is 12.8 Å². The van der Waals surface area contributed by atoms with Crippen molar-refractivity contribution in [2.75, 3.05) is 0 Å². The summed E-state index contributed by atoms with van der Waals surface area (Å²) in [7, 11) is 0. The summed E-state index contributed by atoms with van der Waals surface area (Å²) in [5.74, 6) is -0.578. The molecule has 0 aromatic heterocycles. The minimum absolute atomic E-state index is 0.0468. The summed E-state index contributed by atoms with van der Waals surface area (Å²) >= 11 is 0. The Labute approximate surface area is 202 Å². The molecule has 0 atom stereocenters. The molecule has 0 amide bonds. The predicted octanol–water partition coefficient (Wildman–Crippen LogP) is 7.04. The van der Waals surface area contributed by atoms with Crippen LogP contribution in [0, 0.1) is 0 Å². The Bertz CT molecular complexity index is 846. The van der Waals surface area contributed by atoms with Crippen molar-refractivity contribution in [3.05, 3.63) is 47.5 Å². The van der Waals surface area contributed by atoms with E-state index in [0.717, 1.165) is 38.5 Å². The number of phenols is 4. The maximum atomic E-state index is 12.1. The summed E-state index contributed by atoms with van der Waals surface area (Å²) in [6.45, 7) is 0. The number of ketones is 2. The Kier molecular flexibility index (Phi) is 12.0. The van der Waals surface area contributed by atoms with Gasteiger partial charge >= 0.3 is 0 Å². The number of hydrogen-bond donors (Lipinski definition) is 4. The minimum atomic E-state index is -0.159. The van der Waals surface area contributed by atoms with Gasteiger partial charge in [0.15, 0.2) is 11.6 Å². The van der Waals surface area contributed by atoms with Crippen LogP contribution in [0.15, 0.2) is 36.4 Å². The second-order valence-electron chi connectivity index (χ2n) is 8.99. The molecule has 0 spiro atoms. The van der Waals surface area contributed by atoms with Crippen LogP contribution in [0.5, 0.6) is 23.0 Å². The van der Waals surface area contributed by atoms with Gasteiger partial charge in [0, 0.05) is 25.0 Å². The quantitative estimate of drug-likeness (QED) is 0.146. The lowest BCUT2D eigenvalue weighted by atomic mass is 10.0. The zero-order valence-corrected chi connectivity index (χ0v) is 20.0. The lowest BCUT2D eigenvalue weighted by Crippen LogP contribution is -1.99. The molecule has 2 rings (SSSR count). The van der Waals surface area contributed by atoms with Gasteiger partial charge in [-0.25, -0.2) is 0 Å². The molecule has 186 valence electrons. The fraction of sp³-hybridized carbons (Fsp3) is 0.500. The van der Waals surface area contributed by atoms with Gasteiger partial charge in [-0.2, -0.15) is 0 Å². The van der Waals surface area contributed by atoms with Crippen molar-refractivity contribution in [3.8, 4) is 23.0 Å². The van der Waals surface area contributed by atoms with Crippen LogP contribution in [-0.4, -0.2) is 32.0 Å². The minimum Gasteiger partial charge on any atom is -0.508 e. The smallest absolute Gasteiger partial charge is 0.166 e. The first-order valence-electron chi connectivity index (χ1n) is 12.5. The molecular formula is C28H38O6. The topological polar surface area (TPSA) is 115 Å². The Morgan fingerprint density at radius 1 is 0.471 bits per heavy atom. The lowest BCUT2D eigenvalue weighted by molar-refractivity contribution is 0.0968. The van der Waals surface area contributed by atoms with Crippen molar-refractivity contribution in [2.24, 2.45) is 0 Å². The number of benzene rings is 2. The molecule has 0 saturated carbocycles. The van der Waals surface area contributed by atoms with Crippen molar-refractivity contribution in [1.29, 1.82) is 0 Å². The first-order chi connectivity index (χ1) is 16.4. The predicted molar refractivity (Wildman–Crippen MR) is 133 cm³/mol. The number of hydrogen-bond acceptors (Lipinski definition) is 6. The van der Waals surface area contributed by atoms with Crippen LogP contribution in [0.25, 0.3) is 0 Å². The van der Waals surface area contributed by atoms with E-state index >= 15 is 0 Å². The van der Waals surface area contributed by atoms with Crippen LogP contribution < -0.4 is 0 Å². The number of Topliss-reactive ketones (excluding diaryl/α,β-unsaturated/α-hetero) is 2. The molecule has 0 aliphatic rings. The van der Waals surface area contributed by atoms with Gasteiger partial charge in [-0.15, -0.1) is 0 Å². The molecule has 0 heterocycles. The SMILES string of the molecule is O=C(CCCCCCCCCCCCCCC(=O)c1ccc(O)cc1O)c1ccc(O)cc1O. The molecule has 2 aromatic rings. The standard InChI is InChI=1S/C28H38O6/c29-21-15-17-23(27(33)19-21)25(31)13-11-9-7-5-3-1-2-4-6-8-10-12-14-26(32)24-18-16-22(30)20-28(24)34/h15-20,29-30,33-34H,1-14H2. The van der Waals surface area contributed by atoms with Crippen LogP contribution >= 0.6 is 0 Å². The molecule has 4 N–H and O–H groups in total. The summed E-state index contributed by atoms with van der Waals surface area (Å²) in [5, 5.41) is 38.1. The van der Waals surface area contributed by atoms with Gasteiger partial charge in [0.1, 0.15) is 23.0 Å². The molecule has 0 radical (unpaired) electrons. The highest BCUT2D eigenvalue weighted by atomic mass is 16.3. The van der Waals surface area contributed by atoms with Gasteiger partial charge in [0.25, 0.3) is 0 Å². The third-order valence-corrected chi connectivity index (χ3v) is 6.12. The fourth-order valence-corrected chi connectivity index (χ4v) is 4.12. The second-order valence-corrected chi connectivity index (χ2v) is 8.99. The summed E-state index contributed by atoms with van der Waals surface area (Å²) in [4.78, 5) is 24.2. The number of unbranched alkanes of at least 4 members (excludes halogenated alkanes) is 11. The van der Waals surface area contributed by atoms with Crippen LogP contribution in [-0.2, 0) is 0 Å². The van der Waals surface area contributed by atoms with Gasteiger partial charge in [-0.05, 0) is 37.1 Å². The Morgan fingerprint density at radius 3 is 1.06 bits per heavy atom. The van der Waals surface area contributed by atoms with E-state index in [4.69, 9.17) is 0 Å². The average molecular weight is 471 g/mol. The molecule has 0 bridgehead atoms. The Balaban J connectivity index is 1.39. The molecule has 6 nitrogen and oxygen atoms in total. The van der Waals surface area contributed by atoms with Crippen LogP contribution in [0.2, 0.25) is 0 Å². The zero-order chi connectivity index (χ0) is 24.8. The maximum Gasteiger partial charge on any atom is 0.166 e.